The van der Waals surface area contributed by atoms with Crippen molar-refractivity contribution in [2.75, 3.05) is 0 Å². The number of nitrogens with zero attached hydrogens (tertiary/aromatic N) is 1. The Hall–Kier alpha value is -2.60. The Kier molecular flexibility index (Phi) is 4.09. The molecule has 2 rings (SSSR count). The minimum Gasteiger partial charge on any atom is -0.478 e. The summed E-state index contributed by atoms with van der Waals surface area (Å²) in [4.78, 5) is 21.2. The molecular formula is C14H10ClNO5. The van der Waals surface area contributed by atoms with E-state index in [2.05, 4.69) is 0 Å². The predicted octanol–water partition coefficient (Wildman–Crippen LogP) is 4.05. The van der Waals surface area contributed by atoms with Gasteiger partial charge in [-0.15, -0.1) is 0 Å². The van der Waals surface area contributed by atoms with E-state index in [4.69, 9.17) is 21.4 Å². The minimum absolute atomic E-state index is 0.0396. The summed E-state index contributed by atoms with van der Waals surface area (Å²) in [5.74, 6) is -0.473. The lowest BCUT2D eigenvalue weighted by atomic mass is 10.2. The number of halogens is 1. The fraction of sp³-hybridized carbons (Fsp3) is 0.0714. The van der Waals surface area contributed by atoms with E-state index in [1.54, 1.807) is 6.92 Å². The number of hydrogen-bond donors (Lipinski definition) is 1. The first-order valence-electron chi connectivity index (χ1n) is 5.84. The number of hydrogen-bond acceptors (Lipinski definition) is 4. The molecule has 21 heavy (non-hydrogen) atoms. The highest BCUT2D eigenvalue weighted by molar-refractivity contribution is 6.33. The Labute approximate surface area is 124 Å². The highest BCUT2D eigenvalue weighted by Crippen LogP contribution is 2.30. The van der Waals surface area contributed by atoms with E-state index in [1.165, 1.54) is 36.4 Å². The average molecular weight is 308 g/mol. The SMILES string of the molecule is Cc1cc([N+](=O)[O-])ccc1Oc1ccc(Cl)c(C(=O)O)c1. The predicted molar refractivity (Wildman–Crippen MR) is 76.3 cm³/mol. The molecule has 0 aliphatic heterocycles. The van der Waals surface area contributed by atoms with Crippen LogP contribution >= 0.6 is 11.6 Å². The normalized spacial score (nSPS) is 10.2. The van der Waals surface area contributed by atoms with E-state index in [9.17, 15) is 14.9 Å². The summed E-state index contributed by atoms with van der Waals surface area (Å²) < 4.78 is 5.55. The van der Waals surface area contributed by atoms with Gasteiger partial charge in [-0.05, 0) is 36.8 Å². The van der Waals surface area contributed by atoms with Crippen LogP contribution in [0.5, 0.6) is 11.5 Å². The summed E-state index contributed by atoms with van der Waals surface area (Å²) in [6.45, 7) is 1.66. The quantitative estimate of drug-likeness (QED) is 0.680. The van der Waals surface area contributed by atoms with E-state index in [-0.39, 0.29) is 22.0 Å². The number of rotatable bonds is 4. The number of nitro benzene ring substituents is 1. The zero-order valence-electron chi connectivity index (χ0n) is 10.9. The molecule has 6 nitrogen and oxygen atoms in total. The lowest BCUT2D eigenvalue weighted by molar-refractivity contribution is -0.384. The number of aryl methyl sites for hydroxylation is 1. The van der Waals surface area contributed by atoms with E-state index >= 15 is 0 Å². The van der Waals surface area contributed by atoms with Gasteiger partial charge >= 0.3 is 5.97 Å². The number of nitro groups is 1. The highest BCUT2D eigenvalue weighted by Gasteiger charge is 2.13. The summed E-state index contributed by atoms with van der Waals surface area (Å²) in [6, 6.07) is 8.39. The van der Waals surface area contributed by atoms with Crippen LogP contribution in [-0.2, 0) is 0 Å². The van der Waals surface area contributed by atoms with Gasteiger partial charge in [-0.2, -0.15) is 0 Å². The molecule has 0 spiro atoms. The van der Waals surface area contributed by atoms with Crippen LogP contribution in [0.25, 0.3) is 0 Å². The molecular weight excluding hydrogens is 298 g/mol. The molecule has 0 radical (unpaired) electrons. The number of aromatic carboxylic acids is 1. The minimum atomic E-state index is -1.16. The maximum absolute atomic E-state index is 11.0. The van der Waals surface area contributed by atoms with E-state index in [0.717, 1.165) is 0 Å². The molecule has 108 valence electrons. The van der Waals surface area contributed by atoms with E-state index in [0.29, 0.717) is 11.3 Å². The molecule has 7 heteroatoms. The van der Waals surface area contributed by atoms with Gasteiger partial charge in [0.15, 0.2) is 0 Å². The molecule has 0 bridgehead atoms. The second-order valence-electron chi connectivity index (χ2n) is 4.26. The smallest absolute Gasteiger partial charge is 0.337 e. The molecule has 0 atom stereocenters. The third kappa shape index (κ3) is 3.29. The van der Waals surface area contributed by atoms with Gasteiger partial charge in [0.2, 0.25) is 0 Å². The molecule has 2 aromatic carbocycles. The first-order chi connectivity index (χ1) is 9.88. The molecule has 0 amide bonds. The van der Waals surface area contributed by atoms with Crippen molar-refractivity contribution >= 4 is 23.3 Å². The summed E-state index contributed by atoms with van der Waals surface area (Å²) >= 11 is 5.77. The van der Waals surface area contributed by atoms with Crippen molar-refractivity contribution in [3.63, 3.8) is 0 Å². The highest BCUT2D eigenvalue weighted by atomic mass is 35.5. The summed E-state index contributed by atoms with van der Waals surface area (Å²) in [5.41, 5.74) is 0.451. The largest absolute Gasteiger partial charge is 0.478 e. The Morgan fingerprint density at radius 2 is 2.00 bits per heavy atom. The number of carboxylic acids is 1. The Morgan fingerprint density at radius 1 is 1.29 bits per heavy atom. The lowest BCUT2D eigenvalue weighted by Gasteiger charge is -2.09. The van der Waals surface area contributed by atoms with Crippen molar-refractivity contribution in [3.8, 4) is 11.5 Å². The number of non-ortho nitro benzene ring substituents is 1. The Balaban J connectivity index is 2.32. The second-order valence-corrected chi connectivity index (χ2v) is 4.66. The first-order valence-corrected chi connectivity index (χ1v) is 6.22. The number of ether oxygens (including phenoxy) is 1. The van der Waals surface area contributed by atoms with Gasteiger partial charge in [0.25, 0.3) is 5.69 Å². The molecule has 0 aliphatic rings. The molecule has 0 unspecified atom stereocenters. The van der Waals surface area contributed by atoms with Gasteiger partial charge in [-0.3, -0.25) is 10.1 Å². The van der Waals surface area contributed by atoms with Crippen molar-refractivity contribution in [1.82, 2.24) is 0 Å². The zero-order chi connectivity index (χ0) is 15.6. The third-order valence-corrected chi connectivity index (χ3v) is 3.09. The molecule has 0 heterocycles. The first kappa shape index (κ1) is 14.8. The average Bonchev–Trinajstić information content (AvgIpc) is 2.42. The van der Waals surface area contributed by atoms with Crippen LogP contribution in [0.15, 0.2) is 36.4 Å². The number of carboxylic acid groups (broad SMARTS) is 1. The molecule has 0 fully saturated rings. The molecule has 0 aliphatic carbocycles. The van der Waals surface area contributed by atoms with Crippen LogP contribution in [-0.4, -0.2) is 16.0 Å². The number of carbonyl (C=O) groups is 1. The van der Waals surface area contributed by atoms with Crippen molar-refractivity contribution in [3.05, 3.63) is 62.7 Å². The summed E-state index contributed by atoms with van der Waals surface area (Å²) in [7, 11) is 0. The maximum Gasteiger partial charge on any atom is 0.337 e. The van der Waals surface area contributed by atoms with Crippen LogP contribution in [0.1, 0.15) is 15.9 Å². The van der Waals surface area contributed by atoms with Crippen LogP contribution in [0, 0.1) is 17.0 Å². The lowest BCUT2D eigenvalue weighted by Crippen LogP contribution is -1.98. The molecule has 0 saturated carbocycles. The molecule has 0 aromatic heterocycles. The molecule has 0 saturated heterocycles. The van der Waals surface area contributed by atoms with Gasteiger partial charge < -0.3 is 9.84 Å². The van der Waals surface area contributed by atoms with Gasteiger partial charge in [0, 0.05) is 12.1 Å². The summed E-state index contributed by atoms with van der Waals surface area (Å²) in [6.07, 6.45) is 0. The molecule has 1 N–H and O–H groups in total. The monoisotopic (exact) mass is 307 g/mol. The topological polar surface area (TPSA) is 89.7 Å². The van der Waals surface area contributed by atoms with Crippen molar-refractivity contribution < 1.29 is 19.6 Å². The second kappa shape index (κ2) is 5.80. The third-order valence-electron chi connectivity index (χ3n) is 2.77. The van der Waals surface area contributed by atoms with E-state index in [1.807, 2.05) is 0 Å². The molecule has 2 aromatic rings. The maximum atomic E-state index is 11.0. The zero-order valence-corrected chi connectivity index (χ0v) is 11.6. The van der Waals surface area contributed by atoms with Gasteiger partial charge in [0.05, 0.1) is 15.5 Å². The van der Waals surface area contributed by atoms with Crippen molar-refractivity contribution in [2.24, 2.45) is 0 Å². The van der Waals surface area contributed by atoms with Crippen LogP contribution in [0.2, 0.25) is 5.02 Å². The van der Waals surface area contributed by atoms with Gasteiger partial charge in [-0.1, -0.05) is 11.6 Å². The Bertz CT molecular complexity index is 729. The number of benzene rings is 2. The van der Waals surface area contributed by atoms with Gasteiger partial charge in [0.1, 0.15) is 11.5 Å². The standard InChI is InChI=1S/C14H10ClNO5/c1-8-6-9(16(19)20)2-5-13(8)21-10-3-4-12(15)11(7-10)14(17)18/h2-7H,1H3,(H,17,18). The van der Waals surface area contributed by atoms with Gasteiger partial charge in [-0.25, -0.2) is 4.79 Å². The summed E-state index contributed by atoms with van der Waals surface area (Å²) in [5, 5.41) is 19.8. The van der Waals surface area contributed by atoms with Crippen molar-refractivity contribution in [2.45, 2.75) is 6.92 Å². The van der Waals surface area contributed by atoms with Crippen LogP contribution < -0.4 is 4.74 Å². The van der Waals surface area contributed by atoms with Crippen molar-refractivity contribution in [1.29, 1.82) is 0 Å². The fourth-order valence-electron chi connectivity index (χ4n) is 1.72. The van der Waals surface area contributed by atoms with Crippen LogP contribution in [0.3, 0.4) is 0 Å². The fourth-order valence-corrected chi connectivity index (χ4v) is 1.92. The Morgan fingerprint density at radius 3 is 2.57 bits per heavy atom. The van der Waals surface area contributed by atoms with Crippen LogP contribution in [0.4, 0.5) is 5.69 Å². The van der Waals surface area contributed by atoms with E-state index < -0.39 is 10.9 Å².